The van der Waals surface area contributed by atoms with Gasteiger partial charge in [-0.2, -0.15) is 0 Å². The van der Waals surface area contributed by atoms with E-state index in [1.54, 1.807) is 29.3 Å². The van der Waals surface area contributed by atoms with Gasteiger partial charge in [0.2, 0.25) is 11.9 Å². The topological polar surface area (TPSA) is 87.2 Å². The number of halogens is 2. The highest BCUT2D eigenvalue weighted by Gasteiger charge is 2.58. The van der Waals surface area contributed by atoms with Gasteiger partial charge in [-0.15, -0.1) is 0 Å². The molecule has 0 atom stereocenters. The Balaban J connectivity index is 1.29. The van der Waals surface area contributed by atoms with Crippen LogP contribution in [0.5, 0.6) is 0 Å². The van der Waals surface area contributed by atoms with Crippen LogP contribution in [0, 0.1) is 18.6 Å². The van der Waals surface area contributed by atoms with Crippen LogP contribution >= 0.6 is 0 Å². The van der Waals surface area contributed by atoms with E-state index in [0.717, 1.165) is 54.6 Å². The van der Waals surface area contributed by atoms with Gasteiger partial charge in [0.1, 0.15) is 11.6 Å². The molecular formula is C26H23F2N5O2. The molecular weight excluding hydrogens is 452 g/mol. The highest BCUT2D eigenvalue weighted by Crippen LogP contribution is 2.53. The smallest absolute Gasteiger partial charge is 0.255 e. The predicted octanol–water partition coefficient (Wildman–Crippen LogP) is 4.47. The monoisotopic (exact) mass is 475 g/mol. The van der Waals surface area contributed by atoms with Gasteiger partial charge < -0.3 is 15.5 Å². The Kier molecular flexibility index (Phi) is 4.84. The number of rotatable bonds is 5. The number of nitrogens with zero attached hydrogens (tertiary/aromatic N) is 3. The first-order valence-electron chi connectivity index (χ1n) is 11.7. The van der Waals surface area contributed by atoms with E-state index in [1.807, 2.05) is 6.92 Å². The van der Waals surface area contributed by atoms with Crippen molar-refractivity contribution in [3.05, 3.63) is 76.6 Å². The number of amides is 2. The summed E-state index contributed by atoms with van der Waals surface area (Å²) in [7, 11) is 0. The lowest BCUT2D eigenvalue weighted by atomic mass is 9.91. The van der Waals surface area contributed by atoms with Crippen molar-refractivity contribution in [1.29, 1.82) is 0 Å². The summed E-state index contributed by atoms with van der Waals surface area (Å²) in [6.45, 7) is 2.22. The number of aryl methyl sites for hydroxylation is 1. The van der Waals surface area contributed by atoms with Gasteiger partial charge in [0, 0.05) is 40.8 Å². The Labute approximate surface area is 200 Å². The van der Waals surface area contributed by atoms with Crippen molar-refractivity contribution < 1.29 is 18.4 Å². The average Bonchev–Trinajstić information content (AvgIpc) is 3.74. The summed E-state index contributed by atoms with van der Waals surface area (Å²) < 4.78 is 27.1. The summed E-state index contributed by atoms with van der Waals surface area (Å²) in [5, 5.41) is 5.99. The third-order valence-corrected chi connectivity index (χ3v) is 6.84. The predicted molar refractivity (Wildman–Crippen MR) is 126 cm³/mol. The first kappa shape index (κ1) is 21.6. The molecule has 2 aromatic carbocycles. The van der Waals surface area contributed by atoms with Crippen molar-refractivity contribution in [3.63, 3.8) is 0 Å². The lowest BCUT2D eigenvalue weighted by Crippen LogP contribution is -2.45. The fourth-order valence-electron chi connectivity index (χ4n) is 4.65. The van der Waals surface area contributed by atoms with E-state index in [2.05, 4.69) is 15.6 Å². The summed E-state index contributed by atoms with van der Waals surface area (Å²) in [5.41, 5.74) is 2.90. The molecule has 0 radical (unpaired) electrons. The van der Waals surface area contributed by atoms with Gasteiger partial charge in [-0.1, -0.05) is 6.07 Å². The Morgan fingerprint density at radius 1 is 1.11 bits per heavy atom. The van der Waals surface area contributed by atoms with E-state index in [1.165, 1.54) is 0 Å². The quantitative estimate of drug-likeness (QED) is 0.569. The van der Waals surface area contributed by atoms with Crippen molar-refractivity contribution >= 4 is 29.1 Å². The minimum Gasteiger partial charge on any atom is -0.351 e. The fourth-order valence-corrected chi connectivity index (χ4v) is 4.65. The van der Waals surface area contributed by atoms with Gasteiger partial charge in [-0.25, -0.2) is 18.7 Å². The standard InChI is InChI=1S/C26H23F2N5O2/c1-14-2-3-20(30-23(34)15-8-17(27)10-18(28)9-15)11-21(14)33-13-16-12-29-25(31-19-4-5-19)32-22(16)26(6-7-26)24(33)35/h2-3,8-12,19H,4-7,13H2,1H3,(H,30,34)(H,29,31,32). The molecule has 0 unspecified atom stereocenters. The highest BCUT2D eigenvalue weighted by molar-refractivity contribution is 6.07. The van der Waals surface area contributed by atoms with Crippen molar-refractivity contribution in [3.8, 4) is 0 Å². The molecule has 3 aromatic rings. The van der Waals surface area contributed by atoms with E-state index >= 15 is 0 Å². The molecule has 2 fully saturated rings. The van der Waals surface area contributed by atoms with Gasteiger partial charge in [-0.3, -0.25) is 9.59 Å². The number of benzene rings is 2. The molecule has 1 aliphatic heterocycles. The van der Waals surface area contributed by atoms with E-state index in [-0.39, 0.29) is 11.5 Å². The molecule has 6 rings (SSSR count). The lowest BCUT2D eigenvalue weighted by Gasteiger charge is -2.34. The molecule has 0 saturated heterocycles. The van der Waals surface area contributed by atoms with Crippen molar-refractivity contribution in [1.82, 2.24) is 9.97 Å². The average molecular weight is 475 g/mol. The minimum absolute atomic E-state index is 0.0140. The number of anilines is 3. The SMILES string of the molecule is Cc1ccc(NC(=O)c2cc(F)cc(F)c2)cc1N1Cc2cnc(NC3CC3)nc2C2(CC2)C1=O. The molecule has 35 heavy (non-hydrogen) atoms. The third kappa shape index (κ3) is 3.90. The normalized spacial score (nSPS) is 17.8. The molecule has 178 valence electrons. The van der Waals surface area contributed by atoms with E-state index in [0.29, 0.717) is 36.0 Å². The first-order valence-corrected chi connectivity index (χ1v) is 11.7. The van der Waals surface area contributed by atoms with Gasteiger partial charge in [0.05, 0.1) is 17.7 Å². The highest BCUT2D eigenvalue weighted by atomic mass is 19.1. The van der Waals surface area contributed by atoms with E-state index < -0.39 is 23.0 Å². The van der Waals surface area contributed by atoms with Crippen LogP contribution in [0.4, 0.5) is 26.1 Å². The van der Waals surface area contributed by atoms with Gasteiger partial charge in [0.25, 0.3) is 5.91 Å². The van der Waals surface area contributed by atoms with Crippen LogP contribution in [-0.2, 0) is 16.8 Å². The van der Waals surface area contributed by atoms with Crippen molar-refractivity contribution in [2.75, 3.05) is 15.5 Å². The van der Waals surface area contributed by atoms with Crippen LogP contribution < -0.4 is 15.5 Å². The molecule has 2 aliphatic carbocycles. The van der Waals surface area contributed by atoms with Crippen molar-refractivity contribution in [2.24, 2.45) is 0 Å². The number of fused-ring (bicyclic) bond motifs is 2. The summed E-state index contributed by atoms with van der Waals surface area (Å²) in [4.78, 5) is 37.2. The zero-order valence-corrected chi connectivity index (χ0v) is 19.1. The summed E-state index contributed by atoms with van der Waals surface area (Å²) >= 11 is 0. The number of carbonyl (C=O) groups excluding carboxylic acids is 2. The number of hydrogen-bond donors (Lipinski definition) is 2. The molecule has 1 spiro atoms. The Morgan fingerprint density at radius 3 is 2.54 bits per heavy atom. The zero-order valence-electron chi connectivity index (χ0n) is 19.1. The molecule has 2 heterocycles. The minimum atomic E-state index is -0.829. The Bertz CT molecular complexity index is 1360. The molecule has 7 nitrogen and oxygen atoms in total. The maximum Gasteiger partial charge on any atom is 0.255 e. The molecule has 3 aliphatic rings. The molecule has 1 aromatic heterocycles. The molecule has 2 N–H and O–H groups in total. The number of aromatic nitrogens is 2. The first-order chi connectivity index (χ1) is 16.8. The van der Waals surface area contributed by atoms with Crippen LogP contribution in [0.3, 0.4) is 0 Å². The Morgan fingerprint density at radius 2 is 1.86 bits per heavy atom. The van der Waals surface area contributed by atoms with Crippen LogP contribution in [-0.4, -0.2) is 27.8 Å². The van der Waals surface area contributed by atoms with Crippen molar-refractivity contribution in [2.45, 2.75) is 50.6 Å². The number of nitrogens with one attached hydrogen (secondary N) is 2. The van der Waals surface area contributed by atoms with Gasteiger partial charge in [-0.05, 0) is 62.4 Å². The van der Waals surface area contributed by atoms with Crippen LogP contribution in [0.1, 0.15) is 52.9 Å². The lowest BCUT2D eigenvalue weighted by molar-refractivity contribution is -0.121. The summed E-state index contributed by atoms with van der Waals surface area (Å²) in [5.74, 6) is -1.74. The maximum atomic E-state index is 13.7. The summed E-state index contributed by atoms with van der Waals surface area (Å²) in [6.07, 6.45) is 5.48. The number of carbonyl (C=O) groups is 2. The second-order valence-corrected chi connectivity index (χ2v) is 9.57. The molecule has 2 saturated carbocycles. The van der Waals surface area contributed by atoms with Crippen LogP contribution in [0.15, 0.2) is 42.6 Å². The third-order valence-electron chi connectivity index (χ3n) is 6.84. The summed E-state index contributed by atoms with van der Waals surface area (Å²) in [6, 6.07) is 8.29. The largest absolute Gasteiger partial charge is 0.351 e. The van der Waals surface area contributed by atoms with Crippen LogP contribution in [0.2, 0.25) is 0 Å². The van der Waals surface area contributed by atoms with Crippen LogP contribution in [0.25, 0.3) is 0 Å². The molecule has 2 amide bonds. The fraction of sp³-hybridized carbons (Fsp3) is 0.308. The Hall–Kier alpha value is -3.88. The zero-order chi connectivity index (χ0) is 24.3. The second-order valence-electron chi connectivity index (χ2n) is 9.57. The second kappa shape index (κ2) is 7.83. The van der Waals surface area contributed by atoms with E-state index in [4.69, 9.17) is 4.98 Å². The molecule has 0 bridgehead atoms. The van der Waals surface area contributed by atoms with Gasteiger partial charge in [0.15, 0.2) is 0 Å². The maximum absolute atomic E-state index is 13.7. The van der Waals surface area contributed by atoms with E-state index in [9.17, 15) is 18.4 Å². The number of hydrogen-bond acceptors (Lipinski definition) is 5. The molecule has 9 heteroatoms. The van der Waals surface area contributed by atoms with Gasteiger partial charge >= 0.3 is 0 Å².